The SMILES string of the molecule is CN1CCC2(CC1)N=C(c1ccc3c(c1)OCO3)C[C@@H](c1cc(Cl)ccc1O)N2. The molecule has 29 heavy (non-hydrogen) atoms. The van der Waals surface area contributed by atoms with E-state index in [1.165, 1.54) is 0 Å². The average Bonchev–Trinajstić information content (AvgIpc) is 3.20. The van der Waals surface area contributed by atoms with Gasteiger partial charge in [-0.1, -0.05) is 11.6 Å². The van der Waals surface area contributed by atoms with E-state index in [1.807, 2.05) is 24.3 Å². The molecular formula is C22H24ClN3O3. The molecule has 1 spiro atoms. The van der Waals surface area contributed by atoms with Crippen molar-refractivity contribution in [2.45, 2.75) is 31.0 Å². The van der Waals surface area contributed by atoms with Crippen LogP contribution < -0.4 is 14.8 Å². The summed E-state index contributed by atoms with van der Waals surface area (Å²) in [6.07, 6.45) is 2.48. The minimum absolute atomic E-state index is 0.0740. The third kappa shape index (κ3) is 3.56. The van der Waals surface area contributed by atoms with Gasteiger partial charge < -0.3 is 19.5 Å². The number of phenolic OH excluding ortho intramolecular Hbond substituents is 1. The first-order valence-electron chi connectivity index (χ1n) is 9.95. The maximum absolute atomic E-state index is 10.5. The quantitative estimate of drug-likeness (QED) is 0.785. The molecule has 0 unspecified atom stereocenters. The molecule has 1 fully saturated rings. The number of phenols is 1. The molecule has 0 radical (unpaired) electrons. The molecule has 2 aromatic rings. The van der Waals surface area contributed by atoms with Crippen molar-refractivity contribution in [1.29, 1.82) is 0 Å². The van der Waals surface area contributed by atoms with E-state index < -0.39 is 0 Å². The van der Waals surface area contributed by atoms with Gasteiger partial charge in [0.05, 0.1) is 0 Å². The molecule has 5 rings (SSSR count). The van der Waals surface area contributed by atoms with Gasteiger partial charge in [-0.25, -0.2) is 0 Å². The predicted octanol–water partition coefficient (Wildman–Crippen LogP) is 3.72. The first-order valence-corrected chi connectivity index (χ1v) is 10.3. The number of ether oxygens (including phenoxy) is 2. The Morgan fingerprint density at radius 2 is 1.93 bits per heavy atom. The van der Waals surface area contributed by atoms with E-state index in [9.17, 15) is 5.11 Å². The van der Waals surface area contributed by atoms with E-state index in [4.69, 9.17) is 26.1 Å². The van der Waals surface area contributed by atoms with E-state index in [1.54, 1.807) is 12.1 Å². The fourth-order valence-corrected chi connectivity index (χ4v) is 4.58. The summed E-state index contributed by atoms with van der Waals surface area (Å²) in [6, 6.07) is 11.1. The van der Waals surface area contributed by atoms with Crippen LogP contribution >= 0.6 is 11.6 Å². The number of nitrogens with zero attached hydrogens (tertiary/aromatic N) is 2. The highest BCUT2D eigenvalue weighted by atomic mass is 35.5. The van der Waals surface area contributed by atoms with Crippen LogP contribution in [-0.2, 0) is 0 Å². The van der Waals surface area contributed by atoms with Gasteiger partial charge in [0.1, 0.15) is 11.4 Å². The Hall–Kier alpha value is -2.28. The van der Waals surface area contributed by atoms with E-state index in [0.717, 1.165) is 54.3 Å². The third-order valence-corrected chi connectivity index (χ3v) is 6.31. The highest BCUT2D eigenvalue weighted by Gasteiger charge is 2.40. The van der Waals surface area contributed by atoms with Crippen molar-refractivity contribution in [3.63, 3.8) is 0 Å². The zero-order valence-corrected chi connectivity index (χ0v) is 17.1. The van der Waals surface area contributed by atoms with Crippen molar-refractivity contribution in [2.75, 3.05) is 26.9 Å². The second-order valence-corrected chi connectivity index (χ2v) is 8.50. The molecule has 0 bridgehead atoms. The van der Waals surface area contributed by atoms with Crippen LogP contribution in [0.3, 0.4) is 0 Å². The van der Waals surface area contributed by atoms with Gasteiger partial charge in [0.15, 0.2) is 11.5 Å². The smallest absolute Gasteiger partial charge is 0.231 e. The molecule has 6 nitrogen and oxygen atoms in total. The summed E-state index contributed by atoms with van der Waals surface area (Å²) in [4.78, 5) is 7.52. The van der Waals surface area contributed by atoms with Crippen LogP contribution in [0.15, 0.2) is 41.4 Å². The largest absolute Gasteiger partial charge is 0.508 e. The minimum Gasteiger partial charge on any atom is -0.508 e. The van der Waals surface area contributed by atoms with Crippen LogP contribution in [0.4, 0.5) is 0 Å². The second-order valence-electron chi connectivity index (χ2n) is 8.07. The topological polar surface area (TPSA) is 66.3 Å². The van der Waals surface area contributed by atoms with Crippen molar-refractivity contribution in [3.8, 4) is 17.2 Å². The molecule has 2 N–H and O–H groups in total. The number of rotatable bonds is 2. The van der Waals surface area contributed by atoms with Crippen molar-refractivity contribution < 1.29 is 14.6 Å². The van der Waals surface area contributed by atoms with Crippen molar-refractivity contribution in [1.82, 2.24) is 10.2 Å². The maximum atomic E-state index is 10.5. The summed E-state index contributed by atoms with van der Waals surface area (Å²) in [5.74, 6) is 1.77. The predicted molar refractivity (Wildman–Crippen MR) is 112 cm³/mol. The van der Waals surface area contributed by atoms with Gasteiger partial charge in [0, 0.05) is 41.8 Å². The fourth-order valence-electron chi connectivity index (χ4n) is 4.40. The first-order chi connectivity index (χ1) is 14.0. The summed E-state index contributed by atoms with van der Waals surface area (Å²) in [6.45, 7) is 2.19. The molecule has 7 heteroatoms. The van der Waals surface area contributed by atoms with Crippen LogP contribution in [0.25, 0.3) is 0 Å². The van der Waals surface area contributed by atoms with Crippen LogP contribution in [0.1, 0.15) is 36.4 Å². The highest BCUT2D eigenvalue weighted by molar-refractivity contribution is 6.30. The fraction of sp³-hybridized carbons (Fsp3) is 0.409. The molecular weight excluding hydrogens is 390 g/mol. The average molecular weight is 414 g/mol. The van der Waals surface area contributed by atoms with E-state index in [2.05, 4.69) is 17.3 Å². The van der Waals surface area contributed by atoms with Crippen LogP contribution in [0, 0.1) is 0 Å². The number of nitrogens with one attached hydrogen (secondary N) is 1. The number of hydrogen-bond acceptors (Lipinski definition) is 6. The van der Waals surface area contributed by atoms with Crippen LogP contribution in [0.2, 0.25) is 5.02 Å². The third-order valence-electron chi connectivity index (χ3n) is 6.07. The van der Waals surface area contributed by atoms with E-state index in [0.29, 0.717) is 11.4 Å². The monoisotopic (exact) mass is 413 g/mol. The molecule has 0 saturated carbocycles. The Morgan fingerprint density at radius 3 is 2.76 bits per heavy atom. The molecule has 3 heterocycles. The molecule has 0 aromatic heterocycles. The van der Waals surface area contributed by atoms with Gasteiger partial charge in [0.25, 0.3) is 0 Å². The van der Waals surface area contributed by atoms with E-state index in [-0.39, 0.29) is 24.2 Å². The Bertz CT molecular complexity index is 970. The van der Waals surface area contributed by atoms with Gasteiger partial charge in [-0.2, -0.15) is 0 Å². The maximum Gasteiger partial charge on any atom is 0.231 e. The minimum atomic E-state index is -0.351. The van der Waals surface area contributed by atoms with Gasteiger partial charge in [-0.15, -0.1) is 0 Å². The number of piperidine rings is 1. The van der Waals surface area contributed by atoms with Crippen LogP contribution in [0.5, 0.6) is 17.2 Å². The normalized spacial score (nSPS) is 23.2. The summed E-state index contributed by atoms with van der Waals surface area (Å²) in [7, 11) is 2.14. The van der Waals surface area contributed by atoms with Crippen molar-refractivity contribution in [2.24, 2.45) is 4.99 Å². The lowest BCUT2D eigenvalue weighted by atomic mass is 9.87. The number of benzene rings is 2. The Morgan fingerprint density at radius 1 is 1.14 bits per heavy atom. The zero-order valence-electron chi connectivity index (χ0n) is 16.3. The Labute approximate surface area is 175 Å². The molecule has 3 aliphatic heterocycles. The summed E-state index contributed by atoms with van der Waals surface area (Å²) in [5, 5.41) is 14.9. The van der Waals surface area contributed by atoms with Crippen LogP contribution in [-0.4, -0.2) is 48.3 Å². The molecule has 1 atom stereocenters. The van der Waals surface area contributed by atoms with Gasteiger partial charge in [0.2, 0.25) is 6.79 Å². The number of likely N-dealkylation sites (tertiary alicyclic amines) is 1. The van der Waals surface area contributed by atoms with Gasteiger partial charge in [-0.05, 0) is 61.9 Å². The lowest BCUT2D eigenvalue weighted by molar-refractivity contribution is 0.144. The van der Waals surface area contributed by atoms with Gasteiger partial charge >= 0.3 is 0 Å². The van der Waals surface area contributed by atoms with E-state index >= 15 is 0 Å². The van der Waals surface area contributed by atoms with Crippen molar-refractivity contribution in [3.05, 3.63) is 52.5 Å². The zero-order chi connectivity index (χ0) is 20.0. The molecule has 0 aliphatic carbocycles. The second kappa shape index (κ2) is 7.20. The number of aromatic hydroxyl groups is 1. The summed E-state index contributed by atoms with van der Waals surface area (Å²) < 4.78 is 11.0. The van der Waals surface area contributed by atoms with Crippen molar-refractivity contribution >= 4 is 17.3 Å². The highest BCUT2D eigenvalue weighted by Crippen LogP contribution is 2.40. The number of hydrogen-bond donors (Lipinski definition) is 2. The summed E-state index contributed by atoms with van der Waals surface area (Å²) >= 11 is 6.24. The molecule has 152 valence electrons. The lowest BCUT2D eigenvalue weighted by Crippen LogP contribution is -2.55. The number of fused-ring (bicyclic) bond motifs is 1. The standard InChI is InChI=1S/C22H24ClN3O3/c1-26-8-6-22(7-9-26)24-17(14-2-5-20-21(10-14)29-13-28-20)12-18(25-22)16-11-15(23)3-4-19(16)27/h2-5,10-11,18,25,27H,6-9,12-13H2,1H3/t18-/m0/s1. The Balaban J connectivity index is 1.55. The van der Waals surface area contributed by atoms with Gasteiger partial charge in [-0.3, -0.25) is 10.3 Å². The molecule has 1 saturated heterocycles. The first kappa shape index (κ1) is 18.7. The lowest BCUT2D eigenvalue weighted by Gasteiger charge is -2.44. The molecule has 2 aromatic carbocycles. The summed E-state index contributed by atoms with van der Waals surface area (Å²) in [5.41, 5.74) is 2.50. The number of halogens is 1. The molecule has 0 amide bonds. The number of aliphatic imine (C=N–C) groups is 1. The Kier molecular flexibility index (Phi) is 4.65. The molecule has 3 aliphatic rings.